The van der Waals surface area contributed by atoms with E-state index in [1.54, 1.807) is 6.07 Å². The van der Waals surface area contributed by atoms with Crippen LogP contribution >= 0.6 is 0 Å². The number of nitrogens with zero attached hydrogens (tertiary/aromatic N) is 3. The van der Waals surface area contributed by atoms with Crippen molar-refractivity contribution in [3.63, 3.8) is 0 Å². The molecule has 0 fully saturated rings. The molecule has 0 aliphatic heterocycles. The van der Waals surface area contributed by atoms with Gasteiger partial charge in [0.2, 0.25) is 0 Å². The van der Waals surface area contributed by atoms with E-state index in [0.29, 0.717) is 5.82 Å². The van der Waals surface area contributed by atoms with Gasteiger partial charge in [-0.2, -0.15) is 6.72 Å². The summed E-state index contributed by atoms with van der Waals surface area (Å²) in [5.41, 5.74) is 0. The molecule has 0 saturated heterocycles. The Bertz CT molecular complexity index is 175. The molecule has 1 aromatic heterocycles. The Morgan fingerprint density at radius 2 is 2.44 bits per heavy atom. The molecule has 0 bridgehead atoms. The summed E-state index contributed by atoms with van der Waals surface area (Å²) in [6.45, 7) is 4.84. The predicted octanol–water partition coefficient (Wildman–Crippen LogP) is 0.483. The maximum atomic E-state index is 4.84. The minimum atomic E-state index is 0. The van der Waals surface area contributed by atoms with Crippen LogP contribution in [0, 0.1) is 6.07 Å². The molecule has 0 aromatic carbocycles. The van der Waals surface area contributed by atoms with Crippen molar-refractivity contribution < 1.29 is 32.7 Å². The maximum absolute atomic E-state index is 4.84. The standard InChI is InChI=1S/C5H3N3.Y/c1-6-5-3-2-4-7-8-5;/h1-2,4H;/q-2;. The second-order valence-corrected chi connectivity index (χ2v) is 1.13. The summed E-state index contributed by atoms with van der Waals surface area (Å²) in [5.74, 6) is 0.326. The fourth-order valence-electron chi connectivity index (χ4n) is 0.325. The van der Waals surface area contributed by atoms with Gasteiger partial charge in [0.15, 0.2) is 0 Å². The van der Waals surface area contributed by atoms with Gasteiger partial charge in [-0.25, -0.2) is 6.07 Å². The van der Waals surface area contributed by atoms with E-state index >= 15 is 0 Å². The van der Waals surface area contributed by atoms with E-state index in [1.165, 1.54) is 6.20 Å². The molecule has 1 rings (SSSR count). The molecule has 0 atom stereocenters. The maximum Gasteiger partial charge on any atom is 0 e. The quantitative estimate of drug-likeness (QED) is 0.481. The SMILES string of the molecule is [CH-]=Nc1[c-]ccnn1.[Y]. The van der Waals surface area contributed by atoms with E-state index in [9.17, 15) is 0 Å². The normalized spacial score (nSPS) is 7.56. The van der Waals surface area contributed by atoms with E-state index in [4.69, 9.17) is 6.72 Å². The topological polar surface area (TPSA) is 38.1 Å². The zero-order valence-electron chi connectivity index (χ0n) is 4.65. The summed E-state index contributed by atoms with van der Waals surface area (Å²) < 4.78 is 0. The van der Waals surface area contributed by atoms with Crippen LogP contribution in [0.5, 0.6) is 0 Å². The third-order valence-electron chi connectivity index (χ3n) is 0.628. The van der Waals surface area contributed by atoms with Gasteiger partial charge in [-0.15, -0.1) is 6.20 Å². The molecule has 0 aliphatic carbocycles. The van der Waals surface area contributed by atoms with Crippen molar-refractivity contribution in [1.82, 2.24) is 10.2 Å². The Morgan fingerprint density at radius 3 is 2.78 bits per heavy atom. The molecule has 1 aromatic rings. The fourth-order valence-corrected chi connectivity index (χ4v) is 0.325. The van der Waals surface area contributed by atoms with Gasteiger partial charge < -0.3 is 11.1 Å². The Balaban J connectivity index is 0.000000640. The average Bonchev–Trinajstić information content (AvgIpc) is 1.90. The van der Waals surface area contributed by atoms with Gasteiger partial charge in [0.05, 0.1) is 0 Å². The zero-order valence-corrected chi connectivity index (χ0v) is 7.49. The third-order valence-corrected chi connectivity index (χ3v) is 0.628. The summed E-state index contributed by atoms with van der Waals surface area (Å²) in [6, 6.07) is 4.25. The third kappa shape index (κ3) is 2.77. The first kappa shape index (κ1) is 8.85. The second kappa shape index (κ2) is 4.71. The molecule has 0 aliphatic rings. The van der Waals surface area contributed by atoms with Gasteiger partial charge in [0.25, 0.3) is 0 Å². The molecule has 1 radical (unpaired) electrons. The number of aromatic nitrogens is 2. The van der Waals surface area contributed by atoms with Crippen LogP contribution in [-0.2, 0) is 32.7 Å². The van der Waals surface area contributed by atoms with Crippen molar-refractivity contribution in [2.75, 3.05) is 0 Å². The molecule has 1 heterocycles. The zero-order chi connectivity index (χ0) is 5.82. The molecule has 43 valence electrons. The van der Waals surface area contributed by atoms with Crippen LogP contribution in [0.15, 0.2) is 17.3 Å². The van der Waals surface area contributed by atoms with Crippen molar-refractivity contribution in [2.45, 2.75) is 0 Å². The summed E-state index contributed by atoms with van der Waals surface area (Å²) in [4.78, 5) is 3.24. The van der Waals surface area contributed by atoms with E-state index in [2.05, 4.69) is 21.3 Å². The monoisotopic (exact) mass is 194 g/mol. The molecule has 0 spiro atoms. The molecule has 0 unspecified atom stereocenters. The van der Waals surface area contributed by atoms with E-state index in [0.717, 1.165) is 0 Å². The van der Waals surface area contributed by atoms with Gasteiger partial charge in [-0.1, -0.05) is 5.82 Å². The van der Waals surface area contributed by atoms with E-state index in [-0.39, 0.29) is 32.7 Å². The smallest absolute Gasteiger partial charge is 0 e. The van der Waals surface area contributed by atoms with E-state index in [1.807, 2.05) is 0 Å². The number of hydrogen-bond acceptors (Lipinski definition) is 3. The van der Waals surface area contributed by atoms with E-state index < -0.39 is 0 Å². The van der Waals surface area contributed by atoms with Crippen LogP contribution in [0.2, 0.25) is 0 Å². The minimum absolute atomic E-state index is 0. The first-order valence-corrected chi connectivity index (χ1v) is 2.04. The Labute approximate surface area is 78.5 Å². The second-order valence-electron chi connectivity index (χ2n) is 1.13. The fraction of sp³-hybridized carbons (Fsp3) is 0. The minimum Gasteiger partial charge on any atom is -0.459 e. The van der Waals surface area contributed by atoms with Crippen LogP contribution in [0.3, 0.4) is 0 Å². The van der Waals surface area contributed by atoms with Crippen LogP contribution in [-0.4, -0.2) is 16.9 Å². The van der Waals surface area contributed by atoms with Crippen molar-refractivity contribution in [3.8, 4) is 0 Å². The van der Waals surface area contributed by atoms with Gasteiger partial charge in [-0.05, 0) is 0 Å². The molecule has 0 amide bonds. The van der Waals surface area contributed by atoms with Crippen LogP contribution in [0.1, 0.15) is 0 Å². The van der Waals surface area contributed by atoms with Crippen molar-refractivity contribution >= 4 is 12.5 Å². The summed E-state index contributed by atoms with van der Waals surface area (Å²) in [6.07, 6.45) is 1.51. The Hall–Kier alpha value is -0.146. The van der Waals surface area contributed by atoms with Gasteiger partial charge in [0.1, 0.15) is 0 Å². The Kier molecular flexibility index (Phi) is 4.63. The predicted molar refractivity (Wildman–Crippen MR) is 29.0 cm³/mol. The number of rotatable bonds is 1. The summed E-state index contributed by atoms with van der Waals surface area (Å²) in [5, 5.41) is 7.00. The first-order chi connectivity index (χ1) is 3.93. The molecule has 0 N–H and O–H groups in total. The summed E-state index contributed by atoms with van der Waals surface area (Å²) >= 11 is 0. The average molecular weight is 194 g/mol. The Morgan fingerprint density at radius 1 is 1.67 bits per heavy atom. The number of aliphatic imine (C=N–C) groups is 1. The summed E-state index contributed by atoms with van der Waals surface area (Å²) in [7, 11) is 0. The largest absolute Gasteiger partial charge is 0.459 e. The van der Waals surface area contributed by atoms with Crippen molar-refractivity contribution in [2.24, 2.45) is 4.99 Å². The number of hydrogen-bond donors (Lipinski definition) is 0. The molecule has 4 heteroatoms. The molecular formula is C5H3N3Y-2. The molecule has 9 heavy (non-hydrogen) atoms. The van der Waals surface area contributed by atoms with Crippen LogP contribution in [0.25, 0.3) is 0 Å². The molecule has 3 nitrogen and oxygen atoms in total. The molecule has 0 saturated carbocycles. The van der Waals surface area contributed by atoms with Gasteiger partial charge >= 0.3 is 0 Å². The van der Waals surface area contributed by atoms with Crippen molar-refractivity contribution in [3.05, 3.63) is 18.3 Å². The molecular weight excluding hydrogens is 191 g/mol. The van der Waals surface area contributed by atoms with Crippen LogP contribution < -0.4 is 0 Å². The van der Waals surface area contributed by atoms with Gasteiger partial charge in [-0.3, -0.25) is 10.2 Å². The van der Waals surface area contributed by atoms with Gasteiger partial charge in [0, 0.05) is 32.7 Å². The first-order valence-electron chi connectivity index (χ1n) is 2.04. The van der Waals surface area contributed by atoms with Crippen LogP contribution in [0.4, 0.5) is 5.82 Å². The van der Waals surface area contributed by atoms with Crippen molar-refractivity contribution in [1.29, 1.82) is 0 Å².